The van der Waals surface area contributed by atoms with Crippen LogP contribution in [-0.2, 0) is 4.74 Å². The molecular weight excluding hydrogens is 386 g/mol. The lowest BCUT2D eigenvalue weighted by atomic mass is 9.87. The Morgan fingerprint density at radius 1 is 1.03 bits per heavy atom. The van der Waals surface area contributed by atoms with Crippen LogP contribution in [0.15, 0.2) is 54.9 Å². The molecule has 2 aromatic carbocycles. The summed E-state index contributed by atoms with van der Waals surface area (Å²) in [5.74, 6) is 0. The molecule has 4 rings (SSSR count). The van der Waals surface area contributed by atoms with Crippen LogP contribution in [0, 0.1) is 6.92 Å². The average molecular weight is 411 g/mol. The summed E-state index contributed by atoms with van der Waals surface area (Å²) in [6.45, 7) is 1.31. The van der Waals surface area contributed by atoms with Crippen molar-refractivity contribution in [3.8, 4) is 11.1 Å². The molecule has 1 aliphatic rings. The number of aliphatic hydroxyl groups is 5. The van der Waals surface area contributed by atoms with Crippen LogP contribution in [0.5, 0.6) is 0 Å². The van der Waals surface area contributed by atoms with Crippen molar-refractivity contribution in [2.24, 2.45) is 0 Å². The lowest BCUT2D eigenvalue weighted by Crippen LogP contribution is -2.59. The second-order valence-electron chi connectivity index (χ2n) is 7.71. The monoisotopic (exact) mass is 411 g/mol. The van der Waals surface area contributed by atoms with Crippen molar-refractivity contribution in [1.82, 2.24) is 4.98 Å². The standard InChI is InChI=1S/C23H25NO6/c1-12-9-13(16-4-2-3-14-10-24-8-7-17(14)16)5-6-15(12)19(26)23-22(29)21(28)20(27)18(11-25)30-23/h2-10,18-23,25-29H,11H2,1H3/t18?,19-,20-,21+,22?,23-/m1/s1. The Kier molecular flexibility index (Phi) is 5.84. The molecule has 6 atom stereocenters. The number of nitrogens with zero attached hydrogens (tertiary/aromatic N) is 1. The van der Waals surface area contributed by atoms with E-state index in [0.29, 0.717) is 5.56 Å². The van der Waals surface area contributed by atoms with Gasteiger partial charge in [-0.15, -0.1) is 0 Å². The van der Waals surface area contributed by atoms with Gasteiger partial charge in [-0.1, -0.05) is 36.4 Å². The van der Waals surface area contributed by atoms with Crippen molar-refractivity contribution in [2.75, 3.05) is 6.61 Å². The van der Waals surface area contributed by atoms with E-state index in [1.54, 1.807) is 12.3 Å². The number of fused-ring (bicyclic) bond motifs is 1. The van der Waals surface area contributed by atoms with E-state index in [9.17, 15) is 25.5 Å². The van der Waals surface area contributed by atoms with Crippen molar-refractivity contribution in [3.63, 3.8) is 0 Å². The van der Waals surface area contributed by atoms with Crippen molar-refractivity contribution in [3.05, 3.63) is 66.0 Å². The number of pyridine rings is 1. The topological polar surface area (TPSA) is 123 Å². The van der Waals surface area contributed by atoms with E-state index in [2.05, 4.69) is 4.98 Å². The average Bonchev–Trinajstić information content (AvgIpc) is 2.77. The summed E-state index contributed by atoms with van der Waals surface area (Å²) in [6.07, 6.45) is -4.43. The zero-order chi connectivity index (χ0) is 21.4. The zero-order valence-electron chi connectivity index (χ0n) is 16.5. The van der Waals surface area contributed by atoms with Gasteiger partial charge in [0.15, 0.2) is 0 Å². The maximum absolute atomic E-state index is 10.9. The van der Waals surface area contributed by atoms with Crippen LogP contribution >= 0.6 is 0 Å². The molecule has 0 radical (unpaired) electrons. The van der Waals surface area contributed by atoms with E-state index in [1.165, 1.54) is 0 Å². The molecule has 30 heavy (non-hydrogen) atoms. The second kappa shape index (κ2) is 8.39. The molecule has 5 N–H and O–H groups in total. The Bertz CT molecular complexity index is 1030. The lowest BCUT2D eigenvalue weighted by Gasteiger charge is -2.42. The molecule has 1 fully saturated rings. The van der Waals surface area contributed by atoms with Crippen molar-refractivity contribution in [1.29, 1.82) is 0 Å². The number of ether oxygens (including phenoxy) is 1. The minimum absolute atomic E-state index is 0.532. The molecular formula is C23H25NO6. The van der Waals surface area contributed by atoms with Gasteiger partial charge in [0, 0.05) is 17.8 Å². The molecule has 0 spiro atoms. The largest absolute Gasteiger partial charge is 0.394 e. The number of aryl methyl sites for hydroxylation is 1. The van der Waals surface area contributed by atoms with Crippen molar-refractivity contribution < 1.29 is 30.3 Å². The summed E-state index contributed by atoms with van der Waals surface area (Å²) in [5.41, 5.74) is 3.31. The first-order chi connectivity index (χ1) is 14.4. The molecule has 2 unspecified atom stereocenters. The highest BCUT2D eigenvalue weighted by Crippen LogP contribution is 2.34. The quantitative estimate of drug-likeness (QED) is 0.435. The van der Waals surface area contributed by atoms with E-state index < -0.39 is 43.2 Å². The highest BCUT2D eigenvalue weighted by molar-refractivity contribution is 5.96. The van der Waals surface area contributed by atoms with Crippen LogP contribution in [0.3, 0.4) is 0 Å². The fourth-order valence-corrected chi connectivity index (χ4v) is 4.12. The molecule has 7 heteroatoms. The first-order valence-corrected chi connectivity index (χ1v) is 9.84. The van der Waals surface area contributed by atoms with Crippen LogP contribution in [0.4, 0.5) is 0 Å². The van der Waals surface area contributed by atoms with Gasteiger partial charge in [0.25, 0.3) is 0 Å². The van der Waals surface area contributed by atoms with Gasteiger partial charge in [0.2, 0.25) is 0 Å². The molecule has 0 amide bonds. The molecule has 1 saturated heterocycles. The van der Waals surface area contributed by atoms with E-state index in [1.807, 2.05) is 49.5 Å². The fourth-order valence-electron chi connectivity index (χ4n) is 4.12. The number of benzene rings is 2. The smallest absolute Gasteiger partial charge is 0.117 e. The van der Waals surface area contributed by atoms with Gasteiger partial charge in [-0.05, 0) is 40.6 Å². The van der Waals surface area contributed by atoms with Crippen LogP contribution in [0.2, 0.25) is 0 Å². The van der Waals surface area contributed by atoms with Gasteiger partial charge in [0.05, 0.1) is 6.61 Å². The number of aliphatic hydroxyl groups excluding tert-OH is 5. The SMILES string of the molecule is Cc1cc(-c2cccc3cnccc23)ccc1[C@@H](O)[C@H]1OC(CO)[C@@H](O)[C@H](O)C1O. The Morgan fingerprint density at radius 2 is 1.83 bits per heavy atom. The third-order valence-corrected chi connectivity index (χ3v) is 5.82. The van der Waals surface area contributed by atoms with Gasteiger partial charge in [-0.3, -0.25) is 4.98 Å². The van der Waals surface area contributed by atoms with Crippen molar-refractivity contribution in [2.45, 2.75) is 43.5 Å². The number of rotatable bonds is 4. The van der Waals surface area contributed by atoms with E-state index in [4.69, 9.17) is 4.74 Å². The highest BCUT2D eigenvalue weighted by atomic mass is 16.6. The van der Waals surface area contributed by atoms with Crippen molar-refractivity contribution >= 4 is 10.8 Å². The molecule has 2 heterocycles. The van der Waals surface area contributed by atoms with Crippen LogP contribution in [0.1, 0.15) is 17.2 Å². The molecule has 0 bridgehead atoms. The maximum Gasteiger partial charge on any atom is 0.117 e. The van der Waals surface area contributed by atoms with Gasteiger partial charge < -0.3 is 30.3 Å². The summed E-state index contributed by atoms with van der Waals surface area (Å²) in [7, 11) is 0. The maximum atomic E-state index is 10.9. The van der Waals surface area contributed by atoms with E-state index >= 15 is 0 Å². The first-order valence-electron chi connectivity index (χ1n) is 9.84. The van der Waals surface area contributed by atoms with Gasteiger partial charge >= 0.3 is 0 Å². The third kappa shape index (κ3) is 3.60. The lowest BCUT2D eigenvalue weighted by molar-refractivity contribution is -0.250. The predicted molar refractivity (Wildman–Crippen MR) is 111 cm³/mol. The minimum Gasteiger partial charge on any atom is -0.394 e. The molecule has 1 aromatic heterocycles. The van der Waals surface area contributed by atoms with E-state index in [-0.39, 0.29) is 0 Å². The molecule has 3 aromatic rings. The minimum atomic E-state index is -1.53. The Hall–Kier alpha value is -2.39. The van der Waals surface area contributed by atoms with Crippen LogP contribution in [-0.4, -0.2) is 67.6 Å². The summed E-state index contributed by atoms with van der Waals surface area (Å²) >= 11 is 0. The summed E-state index contributed by atoms with van der Waals surface area (Å²) in [4.78, 5) is 4.16. The second-order valence-corrected chi connectivity index (χ2v) is 7.71. The highest BCUT2D eigenvalue weighted by Gasteiger charge is 2.46. The Balaban J connectivity index is 1.66. The summed E-state index contributed by atoms with van der Waals surface area (Å²) in [6, 6.07) is 13.5. The Labute approximate surface area is 173 Å². The molecule has 0 saturated carbocycles. The summed E-state index contributed by atoms with van der Waals surface area (Å²) in [5, 5.41) is 52.6. The van der Waals surface area contributed by atoms with E-state index in [0.717, 1.165) is 27.5 Å². The normalized spacial score (nSPS) is 27.9. The van der Waals surface area contributed by atoms with Crippen LogP contribution in [0.25, 0.3) is 21.9 Å². The van der Waals surface area contributed by atoms with Gasteiger partial charge in [-0.2, -0.15) is 0 Å². The first kappa shape index (κ1) is 20.9. The Morgan fingerprint density at radius 3 is 2.57 bits per heavy atom. The third-order valence-electron chi connectivity index (χ3n) is 5.82. The zero-order valence-corrected chi connectivity index (χ0v) is 16.5. The molecule has 7 nitrogen and oxygen atoms in total. The fraction of sp³-hybridized carbons (Fsp3) is 0.348. The summed E-state index contributed by atoms with van der Waals surface area (Å²) < 4.78 is 5.51. The molecule has 158 valence electrons. The van der Waals surface area contributed by atoms with Gasteiger partial charge in [0.1, 0.15) is 36.6 Å². The molecule has 1 aliphatic heterocycles. The number of hydrogen-bond donors (Lipinski definition) is 5. The predicted octanol–water partition coefficient (Wildman–Crippen LogP) is 1.09. The number of hydrogen-bond acceptors (Lipinski definition) is 7. The van der Waals surface area contributed by atoms with Crippen LogP contribution < -0.4 is 0 Å². The van der Waals surface area contributed by atoms with Gasteiger partial charge in [-0.25, -0.2) is 0 Å². The number of aromatic nitrogens is 1. The molecule has 0 aliphatic carbocycles.